The molecule has 0 fully saturated rings. The largest absolute Gasteiger partial charge is 0.507 e. The van der Waals surface area contributed by atoms with Gasteiger partial charge in [0.1, 0.15) is 17.6 Å². The van der Waals surface area contributed by atoms with Crippen molar-refractivity contribution >= 4 is 0 Å². The summed E-state index contributed by atoms with van der Waals surface area (Å²) in [4.78, 5) is 4.59. The number of aromatic hydroxyl groups is 1. The molecule has 0 saturated carbocycles. The maximum absolute atomic E-state index is 9.51. The zero-order valence-electron chi connectivity index (χ0n) is 7.65. The highest BCUT2D eigenvalue weighted by molar-refractivity contribution is 5.40. The Hall–Kier alpha value is -1.26. The molecule has 0 saturated heterocycles. The number of methoxy groups -OCH3 is 1. The molecule has 0 radical (unpaired) electrons. The van der Waals surface area contributed by atoms with Gasteiger partial charge in [0, 0.05) is 11.6 Å². The topological polar surface area (TPSA) is 64.7 Å². The molecule has 0 spiro atoms. The van der Waals surface area contributed by atoms with Crippen molar-refractivity contribution in [2.75, 3.05) is 7.11 Å². The minimum atomic E-state index is -0.328. The first kappa shape index (κ1) is 9.83. The summed E-state index contributed by atoms with van der Waals surface area (Å²) in [5, 5.41) is 9.51. The number of hydrogen-bond acceptors (Lipinski definition) is 4. The van der Waals surface area contributed by atoms with Gasteiger partial charge in [-0.05, 0) is 19.1 Å². The Balaban J connectivity index is 2.98. The van der Waals surface area contributed by atoms with Gasteiger partial charge in [-0.3, -0.25) is 4.84 Å². The minimum Gasteiger partial charge on any atom is -0.507 e. The van der Waals surface area contributed by atoms with Crippen molar-refractivity contribution in [2.24, 2.45) is 5.90 Å². The van der Waals surface area contributed by atoms with E-state index in [-0.39, 0.29) is 11.9 Å². The van der Waals surface area contributed by atoms with E-state index in [0.717, 1.165) is 0 Å². The Labute approximate surface area is 76.8 Å². The van der Waals surface area contributed by atoms with Crippen LogP contribution in [0.1, 0.15) is 18.6 Å². The molecule has 0 aromatic heterocycles. The van der Waals surface area contributed by atoms with Crippen molar-refractivity contribution in [2.45, 2.75) is 13.0 Å². The molecule has 0 amide bonds. The van der Waals surface area contributed by atoms with E-state index in [1.807, 2.05) is 0 Å². The molecule has 0 aliphatic rings. The second-order valence-electron chi connectivity index (χ2n) is 2.70. The third-order valence-corrected chi connectivity index (χ3v) is 1.88. The van der Waals surface area contributed by atoms with E-state index in [9.17, 15) is 5.11 Å². The molecule has 0 heterocycles. The van der Waals surface area contributed by atoms with Gasteiger partial charge >= 0.3 is 0 Å². The molecule has 1 aromatic carbocycles. The van der Waals surface area contributed by atoms with Gasteiger partial charge in [-0.25, -0.2) is 5.90 Å². The minimum absolute atomic E-state index is 0.123. The Morgan fingerprint density at radius 3 is 2.62 bits per heavy atom. The first-order valence-corrected chi connectivity index (χ1v) is 3.91. The molecule has 1 unspecified atom stereocenters. The molecule has 1 rings (SSSR count). The van der Waals surface area contributed by atoms with Crippen LogP contribution in [0.3, 0.4) is 0 Å². The van der Waals surface area contributed by atoms with Crippen LogP contribution in [-0.2, 0) is 4.84 Å². The quantitative estimate of drug-likeness (QED) is 0.694. The van der Waals surface area contributed by atoms with Crippen molar-refractivity contribution < 1.29 is 14.7 Å². The Bertz CT molecular complexity index is 288. The van der Waals surface area contributed by atoms with Crippen LogP contribution in [0.15, 0.2) is 18.2 Å². The number of benzene rings is 1. The smallest absolute Gasteiger partial charge is 0.125 e. The molecular formula is C9H13NO3. The van der Waals surface area contributed by atoms with Crippen LogP contribution in [0.5, 0.6) is 11.5 Å². The molecule has 4 heteroatoms. The second kappa shape index (κ2) is 4.11. The SMILES string of the molecule is COc1ccc(C(C)ON)c(O)c1. The highest BCUT2D eigenvalue weighted by atomic mass is 16.6. The molecule has 1 atom stereocenters. The highest BCUT2D eigenvalue weighted by Gasteiger charge is 2.10. The molecule has 0 aliphatic carbocycles. The zero-order valence-corrected chi connectivity index (χ0v) is 7.65. The van der Waals surface area contributed by atoms with E-state index in [1.165, 1.54) is 13.2 Å². The van der Waals surface area contributed by atoms with Gasteiger partial charge in [-0.2, -0.15) is 0 Å². The molecule has 0 bridgehead atoms. The van der Waals surface area contributed by atoms with Gasteiger partial charge < -0.3 is 9.84 Å². The van der Waals surface area contributed by atoms with Crippen LogP contribution in [0.25, 0.3) is 0 Å². The fraction of sp³-hybridized carbons (Fsp3) is 0.333. The summed E-state index contributed by atoms with van der Waals surface area (Å²) in [7, 11) is 1.54. The fourth-order valence-corrected chi connectivity index (χ4v) is 1.07. The molecule has 1 aromatic rings. The van der Waals surface area contributed by atoms with Crippen LogP contribution < -0.4 is 10.6 Å². The van der Waals surface area contributed by atoms with E-state index < -0.39 is 0 Å². The van der Waals surface area contributed by atoms with Crippen molar-refractivity contribution in [3.63, 3.8) is 0 Å². The van der Waals surface area contributed by atoms with Gasteiger partial charge in [-0.15, -0.1) is 0 Å². The third-order valence-electron chi connectivity index (χ3n) is 1.88. The van der Waals surface area contributed by atoms with Crippen molar-refractivity contribution in [1.29, 1.82) is 0 Å². The maximum atomic E-state index is 9.51. The van der Waals surface area contributed by atoms with E-state index in [1.54, 1.807) is 19.1 Å². The van der Waals surface area contributed by atoms with E-state index >= 15 is 0 Å². The Morgan fingerprint density at radius 2 is 2.15 bits per heavy atom. The summed E-state index contributed by atoms with van der Waals surface area (Å²) < 4.78 is 4.93. The maximum Gasteiger partial charge on any atom is 0.125 e. The average molecular weight is 183 g/mol. The molecule has 0 aliphatic heterocycles. The van der Waals surface area contributed by atoms with E-state index in [2.05, 4.69) is 4.84 Å². The normalized spacial score (nSPS) is 12.5. The van der Waals surface area contributed by atoms with Crippen LogP contribution >= 0.6 is 0 Å². The summed E-state index contributed by atoms with van der Waals surface area (Å²) >= 11 is 0. The number of rotatable bonds is 3. The number of hydrogen-bond donors (Lipinski definition) is 2. The number of nitrogens with two attached hydrogens (primary N) is 1. The average Bonchev–Trinajstić information content (AvgIpc) is 2.16. The summed E-state index contributed by atoms with van der Waals surface area (Å²) in [6, 6.07) is 4.97. The van der Waals surface area contributed by atoms with Crippen molar-refractivity contribution in [3.8, 4) is 11.5 Å². The standard InChI is InChI=1S/C9H13NO3/c1-6(13-10)8-4-3-7(12-2)5-9(8)11/h3-6,11H,10H2,1-2H3. The monoisotopic (exact) mass is 183 g/mol. The third kappa shape index (κ3) is 2.11. The lowest BCUT2D eigenvalue weighted by atomic mass is 10.1. The molecule has 4 nitrogen and oxygen atoms in total. The van der Waals surface area contributed by atoms with Gasteiger partial charge in [0.05, 0.1) is 7.11 Å². The Morgan fingerprint density at radius 1 is 1.46 bits per heavy atom. The van der Waals surface area contributed by atoms with Gasteiger partial charge in [0.25, 0.3) is 0 Å². The fourth-order valence-electron chi connectivity index (χ4n) is 1.07. The molecule has 3 N–H and O–H groups in total. The summed E-state index contributed by atoms with van der Waals surface area (Å²) in [5.41, 5.74) is 0.642. The first-order chi connectivity index (χ1) is 6.19. The lowest BCUT2D eigenvalue weighted by Gasteiger charge is -2.11. The lowest BCUT2D eigenvalue weighted by Crippen LogP contribution is -2.05. The van der Waals surface area contributed by atoms with E-state index in [4.69, 9.17) is 10.6 Å². The summed E-state index contributed by atoms with van der Waals surface area (Å²) in [6.07, 6.45) is -0.328. The number of phenolic OH excluding ortho intramolecular Hbond substituents is 1. The Kier molecular flexibility index (Phi) is 3.11. The van der Waals surface area contributed by atoms with Gasteiger partial charge in [-0.1, -0.05) is 0 Å². The van der Waals surface area contributed by atoms with Crippen molar-refractivity contribution in [3.05, 3.63) is 23.8 Å². The number of ether oxygens (including phenoxy) is 1. The molecule has 72 valence electrons. The summed E-state index contributed by atoms with van der Waals surface area (Å²) in [6.45, 7) is 1.75. The first-order valence-electron chi connectivity index (χ1n) is 3.91. The lowest BCUT2D eigenvalue weighted by molar-refractivity contribution is 0.0646. The van der Waals surface area contributed by atoms with E-state index in [0.29, 0.717) is 11.3 Å². The predicted octanol–water partition coefficient (Wildman–Crippen LogP) is 1.35. The van der Waals surface area contributed by atoms with Crippen molar-refractivity contribution in [1.82, 2.24) is 0 Å². The van der Waals surface area contributed by atoms with Crippen LogP contribution in [0, 0.1) is 0 Å². The molecule has 13 heavy (non-hydrogen) atoms. The second-order valence-corrected chi connectivity index (χ2v) is 2.70. The van der Waals surface area contributed by atoms with Crippen LogP contribution in [-0.4, -0.2) is 12.2 Å². The molecular weight excluding hydrogens is 170 g/mol. The van der Waals surface area contributed by atoms with Gasteiger partial charge in [0.15, 0.2) is 0 Å². The summed E-state index contributed by atoms with van der Waals surface area (Å²) in [5.74, 6) is 5.73. The number of phenols is 1. The highest BCUT2D eigenvalue weighted by Crippen LogP contribution is 2.29. The predicted molar refractivity (Wildman–Crippen MR) is 48.3 cm³/mol. The van der Waals surface area contributed by atoms with Gasteiger partial charge in [0.2, 0.25) is 0 Å². The van der Waals surface area contributed by atoms with Crippen LogP contribution in [0.2, 0.25) is 0 Å². The van der Waals surface area contributed by atoms with Crippen LogP contribution in [0.4, 0.5) is 0 Å². The zero-order chi connectivity index (χ0) is 9.84.